The van der Waals surface area contributed by atoms with Crippen LogP contribution in [0.1, 0.15) is 46.0 Å². The lowest BCUT2D eigenvalue weighted by Gasteiger charge is -2.26. The van der Waals surface area contributed by atoms with Crippen LogP contribution in [-0.4, -0.2) is 11.2 Å². The van der Waals surface area contributed by atoms with Gasteiger partial charge in [0, 0.05) is 0 Å². The van der Waals surface area contributed by atoms with Crippen molar-refractivity contribution in [3.63, 3.8) is 0 Å². The Hall–Kier alpha value is -0.300. The average Bonchev–Trinajstić information content (AvgIpc) is 2.08. The summed E-state index contributed by atoms with van der Waals surface area (Å²) in [4.78, 5) is 0. The van der Waals surface area contributed by atoms with E-state index in [9.17, 15) is 5.11 Å². The van der Waals surface area contributed by atoms with Crippen molar-refractivity contribution >= 4 is 0 Å². The molecule has 1 aliphatic carbocycles. The molecule has 0 aromatic carbocycles. The van der Waals surface area contributed by atoms with Gasteiger partial charge < -0.3 is 5.11 Å². The number of hydrogen-bond acceptors (Lipinski definition) is 1. The average molecular weight is 182 g/mol. The van der Waals surface area contributed by atoms with Crippen molar-refractivity contribution in [3.8, 4) is 0 Å². The van der Waals surface area contributed by atoms with Gasteiger partial charge in [0.15, 0.2) is 0 Å². The lowest BCUT2D eigenvalue weighted by Crippen LogP contribution is -2.19. The number of rotatable bonds is 3. The van der Waals surface area contributed by atoms with Crippen molar-refractivity contribution in [2.75, 3.05) is 0 Å². The van der Waals surface area contributed by atoms with E-state index in [-0.39, 0.29) is 6.10 Å². The van der Waals surface area contributed by atoms with Crippen LogP contribution in [0.5, 0.6) is 0 Å². The van der Waals surface area contributed by atoms with Gasteiger partial charge >= 0.3 is 0 Å². The number of hydrogen-bond donors (Lipinski definition) is 1. The van der Waals surface area contributed by atoms with Gasteiger partial charge in [-0.2, -0.15) is 0 Å². The molecule has 0 spiro atoms. The molecule has 76 valence electrons. The molecule has 0 saturated heterocycles. The first-order valence-electron chi connectivity index (χ1n) is 5.44. The summed E-state index contributed by atoms with van der Waals surface area (Å²) in [5.41, 5.74) is 1.42. The van der Waals surface area contributed by atoms with Crippen LogP contribution in [0.15, 0.2) is 12.2 Å². The Kier molecular flexibility index (Phi) is 3.98. The fraction of sp³-hybridized carbons (Fsp3) is 0.833. The summed E-state index contributed by atoms with van der Waals surface area (Å²) in [5, 5.41) is 9.39. The van der Waals surface area contributed by atoms with E-state index in [1.807, 2.05) is 6.92 Å². The topological polar surface area (TPSA) is 20.2 Å². The maximum absolute atomic E-state index is 9.39. The third kappa shape index (κ3) is 3.51. The Morgan fingerprint density at radius 1 is 1.38 bits per heavy atom. The highest BCUT2D eigenvalue weighted by Crippen LogP contribution is 2.31. The maximum atomic E-state index is 9.39. The predicted molar refractivity (Wildman–Crippen MR) is 56.6 cm³/mol. The zero-order valence-corrected chi connectivity index (χ0v) is 8.92. The minimum atomic E-state index is -0.148. The zero-order chi connectivity index (χ0) is 9.84. The number of aliphatic hydroxyl groups excluding tert-OH is 1. The molecule has 2 atom stereocenters. The van der Waals surface area contributed by atoms with Crippen LogP contribution in [-0.2, 0) is 0 Å². The monoisotopic (exact) mass is 182 g/mol. The summed E-state index contributed by atoms with van der Waals surface area (Å²) in [6.45, 7) is 8.06. The van der Waals surface area contributed by atoms with Crippen LogP contribution in [0.2, 0.25) is 0 Å². The van der Waals surface area contributed by atoms with Gasteiger partial charge in [-0.1, -0.05) is 19.1 Å². The summed E-state index contributed by atoms with van der Waals surface area (Å²) in [6, 6.07) is 0. The van der Waals surface area contributed by atoms with Crippen molar-refractivity contribution in [2.24, 2.45) is 11.8 Å². The van der Waals surface area contributed by atoms with E-state index in [2.05, 4.69) is 13.5 Å². The minimum Gasteiger partial charge on any atom is -0.393 e. The number of allylic oxidation sites excluding steroid dienone is 1. The van der Waals surface area contributed by atoms with Crippen molar-refractivity contribution in [3.05, 3.63) is 12.2 Å². The van der Waals surface area contributed by atoms with Gasteiger partial charge in [-0.05, 0) is 50.9 Å². The van der Waals surface area contributed by atoms with Crippen LogP contribution < -0.4 is 0 Å². The summed E-state index contributed by atoms with van der Waals surface area (Å²) in [5.74, 6) is 1.28. The van der Waals surface area contributed by atoms with Gasteiger partial charge in [-0.3, -0.25) is 0 Å². The molecule has 1 saturated carbocycles. The molecule has 1 rings (SSSR count). The highest BCUT2D eigenvalue weighted by atomic mass is 16.3. The van der Waals surface area contributed by atoms with Gasteiger partial charge in [-0.15, -0.1) is 0 Å². The highest BCUT2D eigenvalue weighted by molar-refractivity contribution is 4.98. The third-order valence-corrected chi connectivity index (χ3v) is 3.34. The standard InChI is InChI=1S/C12H22O/c1-9-4-6-12(7-5-9)8-10(2)11(3)13/h10-13H,1,4-8H2,2-3H3. The first kappa shape index (κ1) is 10.8. The van der Waals surface area contributed by atoms with Gasteiger partial charge in [0.05, 0.1) is 6.10 Å². The number of aliphatic hydroxyl groups is 1. The van der Waals surface area contributed by atoms with Crippen LogP contribution in [0.4, 0.5) is 0 Å². The van der Waals surface area contributed by atoms with Gasteiger partial charge in [0.25, 0.3) is 0 Å². The Labute approximate surface area is 81.9 Å². The molecule has 0 amide bonds. The molecular weight excluding hydrogens is 160 g/mol. The molecule has 1 fully saturated rings. The normalized spacial score (nSPS) is 24.4. The molecule has 1 heteroatoms. The van der Waals surface area contributed by atoms with Crippen molar-refractivity contribution < 1.29 is 5.11 Å². The minimum absolute atomic E-state index is 0.148. The van der Waals surface area contributed by atoms with E-state index in [4.69, 9.17) is 0 Å². The molecule has 1 aliphatic rings. The Bertz CT molecular complexity index is 162. The molecule has 13 heavy (non-hydrogen) atoms. The molecule has 0 aromatic heterocycles. The Balaban J connectivity index is 2.26. The summed E-state index contributed by atoms with van der Waals surface area (Å²) in [7, 11) is 0. The smallest absolute Gasteiger partial charge is 0.0537 e. The molecule has 1 N–H and O–H groups in total. The van der Waals surface area contributed by atoms with Crippen LogP contribution in [0, 0.1) is 11.8 Å². The lowest BCUT2D eigenvalue weighted by atomic mass is 9.80. The predicted octanol–water partition coefficient (Wildman–Crippen LogP) is 3.14. The largest absolute Gasteiger partial charge is 0.393 e. The SMILES string of the molecule is C=C1CCC(CC(C)C(C)O)CC1. The molecule has 0 aromatic rings. The van der Waals surface area contributed by atoms with E-state index in [0.717, 1.165) is 5.92 Å². The molecule has 2 unspecified atom stereocenters. The van der Waals surface area contributed by atoms with Gasteiger partial charge in [0.1, 0.15) is 0 Å². The van der Waals surface area contributed by atoms with E-state index < -0.39 is 0 Å². The molecule has 0 radical (unpaired) electrons. The zero-order valence-electron chi connectivity index (χ0n) is 8.92. The van der Waals surface area contributed by atoms with E-state index in [1.54, 1.807) is 0 Å². The highest BCUT2D eigenvalue weighted by Gasteiger charge is 2.19. The molecule has 0 bridgehead atoms. The Morgan fingerprint density at radius 3 is 2.38 bits per heavy atom. The van der Waals surface area contributed by atoms with Crippen molar-refractivity contribution in [1.29, 1.82) is 0 Å². The van der Waals surface area contributed by atoms with E-state index >= 15 is 0 Å². The van der Waals surface area contributed by atoms with Gasteiger partial charge in [0.2, 0.25) is 0 Å². The Morgan fingerprint density at radius 2 is 1.92 bits per heavy atom. The first-order chi connectivity index (χ1) is 6.09. The fourth-order valence-corrected chi connectivity index (χ4v) is 2.04. The summed E-state index contributed by atoms with van der Waals surface area (Å²) in [6.07, 6.45) is 6.02. The van der Waals surface area contributed by atoms with Gasteiger partial charge in [-0.25, -0.2) is 0 Å². The van der Waals surface area contributed by atoms with Crippen molar-refractivity contribution in [2.45, 2.75) is 52.1 Å². The quantitative estimate of drug-likeness (QED) is 0.665. The molecule has 0 aliphatic heterocycles. The summed E-state index contributed by atoms with van der Waals surface area (Å²) >= 11 is 0. The molecular formula is C12H22O. The van der Waals surface area contributed by atoms with Crippen LogP contribution >= 0.6 is 0 Å². The second-order valence-electron chi connectivity index (χ2n) is 4.65. The van der Waals surface area contributed by atoms with Crippen LogP contribution in [0.25, 0.3) is 0 Å². The second kappa shape index (κ2) is 4.80. The van der Waals surface area contributed by atoms with Crippen LogP contribution in [0.3, 0.4) is 0 Å². The van der Waals surface area contributed by atoms with E-state index in [1.165, 1.54) is 37.7 Å². The fourth-order valence-electron chi connectivity index (χ4n) is 2.04. The lowest BCUT2D eigenvalue weighted by molar-refractivity contribution is 0.115. The second-order valence-corrected chi connectivity index (χ2v) is 4.65. The third-order valence-electron chi connectivity index (χ3n) is 3.34. The molecule has 0 heterocycles. The molecule has 1 nitrogen and oxygen atoms in total. The summed E-state index contributed by atoms with van der Waals surface area (Å²) < 4.78 is 0. The maximum Gasteiger partial charge on any atom is 0.0537 e. The first-order valence-corrected chi connectivity index (χ1v) is 5.44. The van der Waals surface area contributed by atoms with Crippen molar-refractivity contribution in [1.82, 2.24) is 0 Å². The van der Waals surface area contributed by atoms with E-state index in [0.29, 0.717) is 5.92 Å².